The first kappa shape index (κ1) is 15.0. The van der Waals surface area contributed by atoms with Crippen LogP contribution in [0.5, 0.6) is 0 Å². The molecule has 3 rings (SSSR count). The first-order valence-electron chi connectivity index (χ1n) is 6.98. The van der Waals surface area contributed by atoms with Gasteiger partial charge in [-0.3, -0.25) is 4.79 Å². The van der Waals surface area contributed by atoms with Crippen molar-refractivity contribution in [1.29, 1.82) is 0 Å². The Kier molecular flexibility index (Phi) is 4.14. The maximum absolute atomic E-state index is 11.2. The van der Waals surface area contributed by atoms with E-state index in [1.165, 1.54) is 0 Å². The second-order valence-electron chi connectivity index (χ2n) is 5.01. The highest BCUT2D eigenvalue weighted by molar-refractivity contribution is 6.42. The molecule has 0 radical (unpaired) electrons. The number of aldehydes is 1. The van der Waals surface area contributed by atoms with E-state index in [1.54, 1.807) is 6.07 Å². The van der Waals surface area contributed by atoms with Crippen LogP contribution in [-0.4, -0.2) is 11.3 Å². The molecular weight excluding hydrogens is 317 g/mol. The number of fused-ring (bicyclic) bond motifs is 1. The highest BCUT2D eigenvalue weighted by Crippen LogP contribution is 2.39. The molecular formula is C18H13Cl2NO. The lowest BCUT2D eigenvalue weighted by molar-refractivity contribution is 0.112. The van der Waals surface area contributed by atoms with Crippen molar-refractivity contribution >= 4 is 40.4 Å². The zero-order chi connectivity index (χ0) is 15.7. The van der Waals surface area contributed by atoms with Crippen molar-refractivity contribution in [3.05, 3.63) is 63.8 Å². The van der Waals surface area contributed by atoms with E-state index in [0.29, 0.717) is 21.3 Å². The number of pyridine rings is 1. The summed E-state index contributed by atoms with van der Waals surface area (Å²) in [6.45, 7) is 2.01. The number of aromatic nitrogens is 1. The Morgan fingerprint density at radius 3 is 2.50 bits per heavy atom. The molecule has 0 saturated carbocycles. The smallest absolute Gasteiger partial charge is 0.150 e. The summed E-state index contributed by atoms with van der Waals surface area (Å²) >= 11 is 13.0. The van der Waals surface area contributed by atoms with Gasteiger partial charge < -0.3 is 0 Å². The van der Waals surface area contributed by atoms with E-state index in [4.69, 9.17) is 23.2 Å². The molecule has 1 heterocycles. The maximum atomic E-state index is 11.2. The van der Waals surface area contributed by atoms with Crippen LogP contribution in [0, 0.1) is 0 Å². The molecule has 0 N–H and O–H groups in total. The van der Waals surface area contributed by atoms with Gasteiger partial charge in [-0.25, -0.2) is 4.98 Å². The third-order valence-corrected chi connectivity index (χ3v) is 4.33. The molecule has 1 aromatic heterocycles. The van der Waals surface area contributed by atoms with Crippen LogP contribution in [0.4, 0.5) is 0 Å². The van der Waals surface area contributed by atoms with E-state index in [-0.39, 0.29) is 0 Å². The monoisotopic (exact) mass is 329 g/mol. The van der Waals surface area contributed by atoms with Crippen molar-refractivity contribution in [2.24, 2.45) is 0 Å². The molecule has 0 unspecified atom stereocenters. The van der Waals surface area contributed by atoms with Crippen LogP contribution in [0.25, 0.3) is 22.0 Å². The van der Waals surface area contributed by atoms with Crippen molar-refractivity contribution in [2.45, 2.75) is 13.3 Å². The summed E-state index contributed by atoms with van der Waals surface area (Å²) in [7, 11) is 0. The van der Waals surface area contributed by atoms with Gasteiger partial charge in [0.2, 0.25) is 0 Å². The van der Waals surface area contributed by atoms with Crippen molar-refractivity contribution < 1.29 is 4.79 Å². The molecule has 0 spiro atoms. The van der Waals surface area contributed by atoms with Gasteiger partial charge in [-0.05, 0) is 29.7 Å². The molecule has 0 fully saturated rings. The Hall–Kier alpha value is -1.90. The molecule has 0 atom stereocenters. The predicted octanol–water partition coefficient (Wildman–Crippen LogP) is 5.58. The summed E-state index contributed by atoms with van der Waals surface area (Å²) in [5.74, 6) is 0. The summed E-state index contributed by atoms with van der Waals surface area (Å²) in [6.07, 6.45) is 1.58. The van der Waals surface area contributed by atoms with Gasteiger partial charge in [0.1, 0.15) is 11.4 Å². The first-order chi connectivity index (χ1) is 10.7. The second kappa shape index (κ2) is 6.07. The SMILES string of the molecule is CCc1cc(C=O)cc2c(Cl)c(-c3ccccc3)c(Cl)nc12. The van der Waals surface area contributed by atoms with E-state index in [0.717, 1.165) is 34.7 Å². The fourth-order valence-corrected chi connectivity index (χ4v) is 3.27. The average Bonchev–Trinajstić information content (AvgIpc) is 2.55. The Labute approximate surface area is 138 Å². The van der Waals surface area contributed by atoms with Gasteiger partial charge in [-0.1, -0.05) is 60.5 Å². The van der Waals surface area contributed by atoms with Crippen molar-refractivity contribution in [3.63, 3.8) is 0 Å². The number of rotatable bonds is 3. The van der Waals surface area contributed by atoms with Crippen molar-refractivity contribution in [3.8, 4) is 11.1 Å². The van der Waals surface area contributed by atoms with Crippen LogP contribution < -0.4 is 0 Å². The number of hydrogen-bond donors (Lipinski definition) is 0. The van der Waals surface area contributed by atoms with Gasteiger partial charge in [0.05, 0.1) is 10.5 Å². The fourth-order valence-electron chi connectivity index (χ4n) is 2.59. The number of benzene rings is 2. The van der Waals surface area contributed by atoms with Crippen LogP contribution in [0.2, 0.25) is 10.2 Å². The van der Waals surface area contributed by atoms with Gasteiger partial charge in [-0.15, -0.1) is 0 Å². The van der Waals surface area contributed by atoms with E-state index in [2.05, 4.69) is 4.98 Å². The van der Waals surface area contributed by atoms with Gasteiger partial charge in [0.25, 0.3) is 0 Å². The topological polar surface area (TPSA) is 30.0 Å². The molecule has 4 heteroatoms. The molecule has 110 valence electrons. The van der Waals surface area contributed by atoms with E-state index in [1.807, 2.05) is 43.3 Å². The summed E-state index contributed by atoms with van der Waals surface area (Å²) in [4.78, 5) is 15.7. The normalized spacial score (nSPS) is 10.9. The molecule has 0 saturated heterocycles. The predicted molar refractivity (Wildman–Crippen MR) is 92.0 cm³/mol. The number of hydrogen-bond acceptors (Lipinski definition) is 2. The first-order valence-corrected chi connectivity index (χ1v) is 7.73. The van der Waals surface area contributed by atoms with Crippen LogP contribution in [0.3, 0.4) is 0 Å². The lowest BCUT2D eigenvalue weighted by Gasteiger charge is -2.13. The lowest BCUT2D eigenvalue weighted by atomic mass is 10.00. The van der Waals surface area contributed by atoms with Crippen molar-refractivity contribution in [1.82, 2.24) is 4.98 Å². The highest BCUT2D eigenvalue weighted by atomic mass is 35.5. The molecule has 0 aliphatic rings. The second-order valence-corrected chi connectivity index (χ2v) is 5.74. The third-order valence-electron chi connectivity index (χ3n) is 3.66. The van der Waals surface area contributed by atoms with E-state index < -0.39 is 0 Å². The van der Waals surface area contributed by atoms with Crippen LogP contribution in [0.1, 0.15) is 22.8 Å². The zero-order valence-corrected chi connectivity index (χ0v) is 13.4. The minimum Gasteiger partial charge on any atom is -0.298 e. The van der Waals surface area contributed by atoms with E-state index >= 15 is 0 Å². The van der Waals surface area contributed by atoms with Gasteiger partial charge in [0, 0.05) is 16.5 Å². The molecule has 2 aromatic carbocycles. The summed E-state index contributed by atoms with van der Waals surface area (Å²) < 4.78 is 0. The molecule has 0 aliphatic carbocycles. The quantitative estimate of drug-likeness (QED) is 0.463. The lowest BCUT2D eigenvalue weighted by Crippen LogP contribution is -1.95. The van der Waals surface area contributed by atoms with Crippen LogP contribution in [0.15, 0.2) is 42.5 Å². The molecule has 0 bridgehead atoms. The number of carbonyl (C=O) groups excluding carboxylic acids is 1. The molecule has 2 nitrogen and oxygen atoms in total. The minimum absolute atomic E-state index is 0.372. The Morgan fingerprint density at radius 2 is 1.86 bits per heavy atom. The standard InChI is InChI=1S/C18H13Cl2NO/c1-2-12-8-11(10-22)9-14-16(19)15(18(20)21-17(12)14)13-6-4-3-5-7-13/h3-10H,2H2,1H3. The Morgan fingerprint density at radius 1 is 1.14 bits per heavy atom. The number of nitrogens with zero attached hydrogens (tertiary/aromatic N) is 1. The van der Waals surface area contributed by atoms with Crippen LogP contribution >= 0.6 is 23.2 Å². The molecule has 0 aliphatic heterocycles. The minimum atomic E-state index is 0.372. The number of halogens is 2. The summed E-state index contributed by atoms with van der Waals surface area (Å²) in [6, 6.07) is 13.2. The maximum Gasteiger partial charge on any atom is 0.150 e. The van der Waals surface area contributed by atoms with Crippen LogP contribution in [-0.2, 0) is 6.42 Å². The summed E-state index contributed by atoms with van der Waals surface area (Å²) in [5.41, 5.74) is 3.91. The third kappa shape index (κ3) is 2.49. The summed E-state index contributed by atoms with van der Waals surface area (Å²) in [5, 5.41) is 1.66. The van der Waals surface area contributed by atoms with Gasteiger partial charge in [-0.2, -0.15) is 0 Å². The van der Waals surface area contributed by atoms with E-state index in [9.17, 15) is 4.79 Å². The molecule has 3 aromatic rings. The number of carbonyl (C=O) groups is 1. The van der Waals surface area contributed by atoms with Crippen molar-refractivity contribution in [2.75, 3.05) is 0 Å². The zero-order valence-electron chi connectivity index (χ0n) is 11.9. The number of aryl methyl sites for hydroxylation is 1. The fraction of sp³-hybridized carbons (Fsp3) is 0.111. The average molecular weight is 330 g/mol. The van der Waals surface area contributed by atoms with Gasteiger partial charge in [0.15, 0.2) is 0 Å². The molecule has 22 heavy (non-hydrogen) atoms. The Balaban J connectivity index is 2.40. The molecule has 0 amide bonds. The highest BCUT2D eigenvalue weighted by Gasteiger charge is 2.16. The largest absolute Gasteiger partial charge is 0.298 e. The Bertz CT molecular complexity index is 860. The van der Waals surface area contributed by atoms with Gasteiger partial charge >= 0.3 is 0 Å².